The number of fused-ring (bicyclic) bond motifs is 2. The third kappa shape index (κ3) is 5.70. The van der Waals surface area contributed by atoms with Crippen LogP contribution in [0.3, 0.4) is 0 Å². The number of para-hydroxylation sites is 1. The van der Waals surface area contributed by atoms with E-state index in [1.165, 1.54) is 32.6 Å². The van der Waals surface area contributed by atoms with Gasteiger partial charge in [-0.25, -0.2) is 24.4 Å². The smallest absolute Gasteiger partial charge is 0.404 e. The first-order valence-corrected chi connectivity index (χ1v) is 13.1. The zero-order chi connectivity index (χ0) is 27.4. The zero-order valence-electron chi connectivity index (χ0n) is 21.3. The van der Waals surface area contributed by atoms with Crippen molar-refractivity contribution in [3.8, 4) is 22.9 Å². The van der Waals surface area contributed by atoms with Gasteiger partial charge in [0.2, 0.25) is 5.88 Å². The molecular weight excluding hydrogens is 518 g/mol. The van der Waals surface area contributed by atoms with Crippen LogP contribution in [0.2, 0.25) is 5.02 Å². The van der Waals surface area contributed by atoms with E-state index in [0.717, 1.165) is 46.1 Å². The number of ether oxygens (including phenoxy) is 1. The Morgan fingerprint density at radius 2 is 1.85 bits per heavy atom. The van der Waals surface area contributed by atoms with Gasteiger partial charge in [-0.3, -0.25) is 0 Å². The molecule has 1 aliphatic carbocycles. The number of nitrogens with two attached hydrogens (primary N) is 1. The largest absolute Gasteiger partial charge is 0.465 e. The zero-order valence-corrected chi connectivity index (χ0v) is 22.1. The first-order valence-electron chi connectivity index (χ1n) is 12.7. The third-order valence-corrected chi connectivity index (χ3v) is 6.94. The number of nitrogens with zero attached hydrogens (tertiary/aromatic N) is 5. The number of nitrogen functional groups attached to an aromatic ring is 1. The number of carboxylic acid groups (broad SMARTS) is 1. The molecule has 0 saturated heterocycles. The molecule has 1 fully saturated rings. The SMILES string of the molecule is CNC(=O)O.Nc1ncnc2c1c(-c1cc3nc(Oc4ccccc4)ccc3cc1Cl)nn2C1CCCCC1. The maximum absolute atomic E-state index is 9.26. The van der Waals surface area contributed by atoms with Gasteiger partial charge in [0.25, 0.3) is 0 Å². The highest BCUT2D eigenvalue weighted by Crippen LogP contribution is 2.39. The molecular formula is C28H28ClN7O3. The molecule has 1 aliphatic rings. The summed E-state index contributed by atoms with van der Waals surface area (Å²) in [5.74, 6) is 1.63. The van der Waals surface area contributed by atoms with Crippen molar-refractivity contribution in [1.29, 1.82) is 0 Å². The summed E-state index contributed by atoms with van der Waals surface area (Å²) < 4.78 is 7.95. The lowest BCUT2D eigenvalue weighted by Gasteiger charge is -2.22. The number of halogens is 1. The van der Waals surface area contributed by atoms with Crippen molar-refractivity contribution < 1.29 is 14.6 Å². The Kier molecular flexibility index (Phi) is 7.74. The lowest BCUT2D eigenvalue weighted by Crippen LogP contribution is -2.14. The fraction of sp³-hybridized carbons (Fsp3) is 0.250. The highest BCUT2D eigenvalue weighted by Gasteiger charge is 2.25. The van der Waals surface area contributed by atoms with Gasteiger partial charge in [-0.2, -0.15) is 5.10 Å². The molecule has 39 heavy (non-hydrogen) atoms. The van der Waals surface area contributed by atoms with E-state index in [2.05, 4.69) is 9.97 Å². The molecule has 0 unspecified atom stereocenters. The normalized spacial score (nSPS) is 13.6. The number of pyridine rings is 1. The molecule has 0 bridgehead atoms. The predicted molar refractivity (Wildman–Crippen MR) is 151 cm³/mol. The van der Waals surface area contributed by atoms with Crippen LogP contribution in [0.15, 0.2) is 60.9 Å². The number of carbonyl (C=O) groups is 1. The maximum atomic E-state index is 9.26. The second-order valence-electron chi connectivity index (χ2n) is 9.19. The summed E-state index contributed by atoms with van der Waals surface area (Å²) in [5, 5.41) is 16.8. The molecule has 1 amide bonds. The topological polar surface area (TPSA) is 141 Å². The Bertz CT molecular complexity index is 1620. The lowest BCUT2D eigenvalue weighted by atomic mass is 9.96. The van der Waals surface area contributed by atoms with Gasteiger partial charge in [-0.05, 0) is 43.2 Å². The van der Waals surface area contributed by atoms with Gasteiger partial charge in [0.15, 0.2) is 5.65 Å². The van der Waals surface area contributed by atoms with Crippen molar-refractivity contribution in [3.05, 3.63) is 65.9 Å². The number of rotatable bonds is 4. The fourth-order valence-corrected chi connectivity index (χ4v) is 5.00. The van der Waals surface area contributed by atoms with Crippen molar-refractivity contribution in [2.24, 2.45) is 0 Å². The van der Waals surface area contributed by atoms with Crippen molar-refractivity contribution in [1.82, 2.24) is 30.0 Å². The number of hydrogen-bond acceptors (Lipinski definition) is 7. The molecule has 10 nitrogen and oxygen atoms in total. The minimum absolute atomic E-state index is 0.294. The summed E-state index contributed by atoms with van der Waals surface area (Å²) >= 11 is 6.77. The summed E-state index contributed by atoms with van der Waals surface area (Å²) in [6.45, 7) is 0. The van der Waals surface area contributed by atoms with E-state index in [4.69, 9.17) is 37.3 Å². The van der Waals surface area contributed by atoms with Crippen molar-refractivity contribution in [2.45, 2.75) is 38.1 Å². The third-order valence-electron chi connectivity index (χ3n) is 6.63. The Hall–Kier alpha value is -4.44. The molecule has 11 heteroatoms. The van der Waals surface area contributed by atoms with Crippen LogP contribution in [0.4, 0.5) is 10.6 Å². The second-order valence-corrected chi connectivity index (χ2v) is 9.59. The molecule has 4 N–H and O–H groups in total. The van der Waals surface area contributed by atoms with Gasteiger partial charge in [0.1, 0.15) is 23.6 Å². The number of nitrogens with one attached hydrogen (secondary N) is 1. The van der Waals surface area contributed by atoms with Gasteiger partial charge in [0, 0.05) is 24.1 Å². The Morgan fingerprint density at radius 3 is 2.56 bits per heavy atom. The van der Waals surface area contributed by atoms with Crippen LogP contribution in [0.5, 0.6) is 11.6 Å². The van der Waals surface area contributed by atoms with Crippen molar-refractivity contribution in [2.75, 3.05) is 12.8 Å². The number of amides is 1. The van der Waals surface area contributed by atoms with Gasteiger partial charge in [-0.1, -0.05) is 49.1 Å². The summed E-state index contributed by atoms with van der Waals surface area (Å²) in [6, 6.07) is 17.5. The van der Waals surface area contributed by atoms with Gasteiger partial charge >= 0.3 is 6.09 Å². The van der Waals surface area contributed by atoms with Crippen LogP contribution in [0.25, 0.3) is 33.2 Å². The fourth-order valence-electron chi connectivity index (χ4n) is 4.74. The van der Waals surface area contributed by atoms with Crippen LogP contribution in [0.1, 0.15) is 38.1 Å². The maximum Gasteiger partial charge on any atom is 0.404 e. The van der Waals surface area contributed by atoms with Crippen LogP contribution in [-0.2, 0) is 0 Å². The van der Waals surface area contributed by atoms with Crippen LogP contribution >= 0.6 is 11.6 Å². The van der Waals surface area contributed by atoms with Crippen LogP contribution in [0, 0.1) is 0 Å². The van der Waals surface area contributed by atoms with Crippen molar-refractivity contribution in [3.63, 3.8) is 0 Å². The van der Waals surface area contributed by atoms with Crippen LogP contribution < -0.4 is 15.8 Å². The van der Waals surface area contributed by atoms with E-state index in [0.29, 0.717) is 28.5 Å². The van der Waals surface area contributed by atoms with Crippen molar-refractivity contribution >= 4 is 45.4 Å². The van der Waals surface area contributed by atoms with Gasteiger partial charge in [-0.15, -0.1) is 0 Å². The number of hydrogen-bond donors (Lipinski definition) is 3. The molecule has 0 spiro atoms. The van der Waals surface area contributed by atoms with E-state index in [9.17, 15) is 4.79 Å². The molecule has 3 heterocycles. The highest BCUT2D eigenvalue weighted by molar-refractivity contribution is 6.34. The minimum atomic E-state index is -0.995. The second kappa shape index (κ2) is 11.5. The molecule has 0 aliphatic heterocycles. The summed E-state index contributed by atoms with van der Waals surface area (Å²) in [5.41, 5.74) is 9.26. The van der Waals surface area contributed by atoms with Gasteiger partial charge in [0.05, 0.1) is 22.0 Å². The van der Waals surface area contributed by atoms with E-state index in [-0.39, 0.29) is 0 Å². The number of benzene rings is 2. The molecule has 0 atom stereocenters. The molecule has 3 aromatic heterocycles. The van der Waals surface area contributed by atoms with Gasteiger partial charge < -0.3 is 20.9 Å². The Balaban J connectivity index is 0.000000567. The first-order chi connectivity index (χ1) is 18.9. The first kappa shape index (κ1) is 26.2. The molecule has 0 radical (unpaired) electrons. The van der Waals surface area contributed by atoms with E-state index >= 15 is 0 Å². The molecule has 200 valence electrons. The van der Waals surface area contributed by atoms with Crippen LogP contribution in [-0.4, -0.2) is 43.0 Å². The molecule has 5 aromatic rings. The lowest BCUT2D eigenvalue weighted by molar-refractivity contribution is 0.197. The van der Waals surface area contributed by atoms with E-state index in [1.54, 1.807) is 0 Å². The minimum Gasteiger partial charge on any atom is -0.465 e. The highest BCUT2D eigenvalue weighted by atomic mass is 35.5. The molecule has 2 aromatic carbocycles. The quantitative estimate of drug-likeness (QED) is 0.233. The molecule has 6 rings (SSSR count). The monoisotopic (exact) mass is 545 g/mol. The Morgan fingerprint density at radius 1 is 1.10 bits per heavy atom. The number of anilines is 1. The average Bonchev–Trinajstić information content (AvgIpc) is 3.35. The summed E-state index contributed by atoms with van der Waals surface area (Å²) in [7, 11) is 1.35. The molecule has 1 saturated carbocycles. The van der Waals surface area contributed by atoms with E-state index in [1.807, 2.05) is 64.6 Å². The summed E-state index contributed by atoms with van der Waals surface area (Å²) in [4.78, 5) is 22.8. The van der Waals surface area contributed by atoms with E-state index < -0.39 is 6.09 Å². The standard InChI is InChI=1S/C26H23ClN6O.C2H5NO2/c27-20-13-16-11-12-22(34-18-9-5-2-6-10-18)31-21(16)14-19(20)24-23-25(28)29-15-30-26(23)33(32-24)17-7-3-1-4-8-17;1-3-2(4)5/h2,5-6,9-15,17H,1,3-4,7-8H2,(H2,28,29,30);3H,1H3,(H,4,5). The Labute approximate surface area is 229 Å². The average molecular weight is 546 g/mol. The summed E-state index contributed by atoms with van der Waals surface area (Å²) in [6.07, 6.45) is 6.29. The number of aromatic nitrogens is 5. The predicted octanol–water partition coefficient (Wildman–Crippen LogP) is 6.46.